The van der Waals surface area contributed by atoms with Crippen LogP contribution >= 0.6 is 11.3 Å². The molecule has 6 nitrogen and oxygen atoms in total. The van der Waals surface area contributed by atoms with Crippen molar-refractivity contribution in [2.45, 2.75) is 26.8 Å². The number of thiophene rings is 1. The van der Waals surface area contributed by atoms with Gasteiger partial charge in [0.15, 0.2) is 5.84 Å². The highest BCUT2D eigenvalue weighted by molar-refractivity contribution is 7.14. The molecule has 7 heteroatoms. The van der Waals surface area contributed by atoms with Crippen LogP contribution in [0.3, 0.4) is 0 Å². The largest absolute Gasteiger partial charge is 0.409 e. The molecule has 1 fully saturated rings. The predicted molar refractivity (Wildman–Crippen MR) is 84.1 cm³/mol. The molecule has 1 amide bonds. The number of nitrogens with zero attached hydrogens (tertiary/aromatic N) is 3. The fourth-order valence-electron chi connectivity index (χ4n) is 2.42. The maximum Gasteiger partial charge on any atom is 0.264 e. The summed E-state index contributed by atoms with van der Waals surface area (Å²) in [5, 5.41) is 11.8. The number of rotatable bonds is 3. The number of aryl methyl sites for hydroxylation is 2. The summed E-state index contributed by atoms with van der Waals surface area (Å²) in [6, 6.07) is 1.85. The van der Waals surface area contributed by atoms with E-state index in [0.29, 0.717) is 13.1 Å². The Labute approximate surface area is 128 Å². The van der Waals surface area contributed by atoms with E-state index >= 15 is 0 Å². The molecule has 0 aromatic carbocycles. The van der Waals surface area contributed by atoms with Gasteiger partial charge in [0.1, 0.15) is 0 Å². The van der Waals surface area contributed by atoms with Crippen LogP contribution in [0, 0.1) is 13.8 Å². The van der Waals surface area contributed by atoms with Gasteiger partial charge in [-0.05, 0) is 32.4 Å². The molecule has 2 rings (SSSR count). The summed E-state index contributed by atoms with van der Waals surface area (Å²) >= 11 is 1.55. The molecule has 1 unspecified atom stereocenters. The zero-order valence-electron chi connectivity index (χ0n) is 12.7. The van der Waals surface area contributed by atoms with Crippen LogP contribution in [-0.2, 0) is 0 Å². The fraction of sp³-hybridized carbons (Fsp3) is 0.571. The van der Waals surface area contributed by atoms with E-state index in [4.69, 9.17) is 10.9 Å². The van der Waals surface area contributed by atoms with Gasteiger partial charge in [-0.25, -0.2) is 0 Å². The van der Waals surface area contributed by atoms with Crippen molar-refractivity contribution in [3.05, 3.63) is 21.4 Å². The summed E-state index contributed by atoms with van der Waals surface area (Å²) < 4.78 is 0. The smallest absolute Gasteiger partial charge is 0.264 e. The summed E-state index contributed by atoms with van der Waals surface area (Å²) in [5.41, 5.74) is 6.80. The van der Waals surface area contributed by atoms with Gasteiger partial charge in [0, 0.05) is 31.1 Å². The Morgan fingerprint density at radius 3 is 2.48 bits per heavy atom. The summed E-state index contributed by atoms with van der Waals surface area (Å²) in [6.45, 7) is 8.75. The van der Waals surface area contributed by atoms with Crippen molar-refractivity contribution in [3.63, 3.8) is 0 Å². The number of amidine groups is 1. The van der Waals surface area contributed by atoms with Gasteiger partial charge in [-0.3, -0.25) is 9.69 Å². The molecule has 2 heterocycles. The Hall–Kier alpha value is -1.60. The predicted octanol–water partition coefficient (Wildman–Crippen LogP) is 1.26. The standard InChI is InChI=1S/C14H22N4O2S/c1-9-8-12(21-11(9)3)14(19)18-6-4-17(5-7-18)10(2)13(15)16-20/h8,10,20H,4-7H2,1-3H3,(H2,15,16). The van der Waals surface area contributed by atoms with Crippen LogP contribution in [0.5, 0.6) is 0 Å². The van der Waals surface area contributed by atoms with Crippen molar-refractivity contribution < 1.29 is 10.0 Å². The molecule has 3 N–H and O–H groups in total. The van der Waals surface area contributed by atoms with Crippen LogP contribution in [0.25, 0.3) is 0 Å². The van der Waals surface area contributed by atoms with Crippen LogP contribution < -0.4 is 5.73 Å². The third-order valence-corrected chi connectivity index (χ3v) is 5.21. The van der Waals surface area contributed by atoms with Crippen molar-refractivity contribution in [2.75, 3.05) is 26.2 Å². The first-order valence-electron chi connectivity index (χ1n) is 7.01. The minimum atomic E-state index is -0.113. The Balaban J connectivity index is 1.96. The molecular weight excluding hydrogens is 288 g/mol. The van der Waals surface area contributed by atoms with Gasteiger partial charge < -0.3 is 15.8 Å². The van der Waals surface area contributed by atoms with Gasteiger partial charge in [0.25, 0.3) is 5.91 Å². The van der Waals surface area contributed by atoms with Crippen molar-refractivity contribution in [3.8, 4) is 0 Å². The van der Waals surface area contributed by atoms with Crippen LogP contribution in [0.1, 0.15) is 27.0 Å². The average Bonchev–Trinajstić information content (AvgIpc) is 2.84. The SMILES string of the molecule is Cc1cc(C(=O)N2CCN(C(C)C(N)=NO)CC2)sc1C. The summed E-state index contributed by atoms with van der Waals surface area (Å²) in [7, 11) is 0. The second-order valence-electron chi connectivity index (χ2n) is 5.38. The monoisotopic (exact) mass is 310 g/mol. The van der Waals surface area contributed by atoms with Gasteiger partial charge in [0.2, 0.25) is 0 Å². The summed E-state index contributed by atoms with van der Waals surface area (Å²) in [6.07, 6.45) is 0. The molecular formula is C14H22N4O2S. The fourth-order valence-corrected chi connectivity index (χ4v) is 3.42. The van der Waals surface area contributed by atoms with Crippen molar-refractivity contribution in [2.24, 2.45) is 10.9 Å². The molecule has 1 aromatic rings. The van der Waals surface area contributed by atoms with E-state index in [9.17, 15) is 4.79 Å². The van der Waals surface area contributed by atoms with Gasteiger partial charge in [-0.2, -0.15) is 0 Å². The number of oxime groups is 1. The third kappa shape index (κ3) is 3.36. The molecule has 1 aliphatic rings. The second kappa shape index (κ2) is 6.44. The van der Waals surface area contributed by atoms with Crippen molar-refractivity contribution >= 4 is 23.1 Å². The number of nitrogens with two attached hydrogens (primary N) is 1. The van der Waals surface area contributed by atoms with E-state index in [1.54, 1.807) is 11.3 Å². The number of amides is 1. The quantitative estimate of drug-likeness (QED) is 0.381. The number of hydrogen-bond acceptors (Lipinski definition) is 5. The normalized spacial score (nSPS) is 18.8. The first-order chi connectivity index (χ1) is 9.93. The molecule has 1 aromatic heterocycles. The maximum absolute atomic E-state index is 12.5. The Morgan fingerprint density at radius 2 is 2.00 bits per heavy atom. The lowest BCUT2D eigenvalue weighted by Gasteiger charge is -2.37. The topological polar surface area (TPSA) is 82.2 Å². The maximum atomic E-state index is 12.5. The van der Waals surface area contributed by atoms with Gasteiger partial charge in [-0.1, -0.05) is 5.16 Å². The molecule has 1 saturated heterocycles. The van der Waals surface area contributed by atoms with E-state index in [1.165, 1.54) is 10.4 Å². The van der Waals surface area contributed by atoms with Crippen molar-refractivity contribution in [1.29, 1.82) is 0 Å². The van der Waals surface area contributed by atoms with Crippen LogP contribution in [0.2, 0.25) is 0 Å². The number of piperazine rings is 1. The molecule has 116 valence electrons. The summed E-state index contributed by atoms with van der Waals surface area (Å²) in [5.74, 6) is 0.312. The molecule has 1 aliphatic heterocycles. The zero-order chi connectivity index (χ0) is 15.6. The van der Waals surface area contributed by atoms with Gasteiger partial charge in [0.05, 0.1) is 10.9 Å². The second-order valence-corrected chi connectivity index (χ2v) is 6.64. The van der Waals surface area contributed by atoms with E-state index in [1.807, 2.05) is 31.7 Å². The molecule has 0 saturated carbocycles. The van der Waals surface area contributed by atoms with E-state index < -0.39 is 0 Å². The van der Waals surface area contributed by atoms with E-state index in [-0.39, 0.29) is 17.8 Å². The molecule has 0 bridgehead atoms. The Morgan fingerprint density at radius 1 is 1.38 bits per heavy atom. The highest BCUT2D eigenvalue weighted by atomic mass is 32.1. The van der Waals surface area contributed by atoms with Crippen LogP contribution in [0.15, 0.2) is 11.2 Å². The van der Waals surface area contributed by atoms with E-state index in [0.717, 1.165) is 18.0 Å². The summed E-state index contributed by atoms with van der Waals surface area (Å²) in [4.78, 5) is 18.5. The van der Waals surface area contributed by atoms with Gasteiger partial charge in [-0.15, -0.1) is 11.3 Å². The zero-order valence-corrected chi connectivity index (χ0v) is 13.5. The minimum Gasteiger partial charge on any atom is -0.409 e. The average molecular weight is 310 g/mol. The first-order valence-corrected chi connectivity index (χ1v) is 7.83. The van der Waals surface area contributed by atoms with Gasteiger partial charge >= 0.3 is 0 Å². The lowest BCUT2D eigenvalue weighted by Crippen LogP contribution is -2.54. The number of carbonyl (C=O) groups excluding carboxylic acids is 1. The number of carbonyl (C=O) groups is 1. The molecule has 21 heavy (non-hydrogen) atoms. The first kappa shape index (κ1) is 15.8. The highest BCUT2D eigenvalue weighted by Gasteiger charge is 2.27. The molecule has 0 radical (unpaired) electrons. The minimum absolute atomic E-state index is 0.104. The lowest BCUT2D eigenvalue weighted by atomic mass is 10.2. The van der Waals surface area contributed by atoms with Crippen LogP contribution in [0.4, 0.5) is 0 Å². The molecule has 0 spiro atoms. The molecule has 1 atom stereocenters. The number of hydrogen-bond donors (Lipinski definition) is 2. The third-order valence-electron chi connectivity index (χ3n) is 4.07. The lowest BCUT2D eigenvalue weighted by molar-refractivity contribution is 0.0623. The Kier molecular flexibility index (Phi) is 4.84. The highest BCUT2D eigenvalue weighted by Crippen LogP contribution is 2.22. The Bertz CT molecular complexity index is 528. The molecule has 0 aliphatic carbocycles. The van der Waals surface area contributed by atoms with Crippen LogP contribution in [-0.4, -0.2) is 59.0 Å². The van der Waals surface area contributed by atoms with Crippen molar-refractivity contribution in [1.82, 2.24) is 9.80 Å². The van der Waals surface area contributed by atoms with E-state index in [2.05, 4.69) is 10.1 Å².